The standard InChI is InChI=1S/C18H26N2O/c1-6-7-11-20-16(14-10-8-9-13(2)12-14)15(17(21)19-20)18(3,4)5/h8-10,12H,6-7,11H2,1-5H3,(H,19,21). The lowest BCUT2D eigenvalue weighted by molar-refractivity contribution is 0.419. The minimum Gasteiger partial charge on any atom is -0.492 e. The van der Waals surface area contributed by atoms with Crippen LogP contribution >= 0.6 is 0 Å². The monoisotopic (exact) mass is 286 g/mol. The van der Waals surface area contributed by atoms with Gasteiger partial charge in [0.25, 0.3) is 0 Å². The summed E-state index contributed by atoms with van der Waals surface area (Å²) in [4.78, 5) is 0. The third-order valence-corrected chi connectivity index (χ3v) is 3.70. The second-order valence-electron chi connectivity index (χ2n) is 6.74. The van der Waals surface area contributed by atoms with Gasteiger partial charge in [0, 0.05) is 17.7 Å². The Morgan fingerprint density at radius 1 is 1.24 bits per heavy atom. The van der Waals surface area contributed by atoms with Gasteiger partial charge in [0.1, 0.15) is 0 Å². The molecule has 0 unspecified atom stereocenters. The smallest absolute Gasteiger partial charge is 0.234 e. The Bertz CT molecular complexity index is 621. The number of hydrogen-bond donors (Lipinski definition) is 1. The van der Waals surface area contributed by atoms with Crippen LogP contribution in [0.2, 0.25) is 0 Å². The zero-order chi connectivity index (χ0) is 15.6. The second-order valence-corrected chi connectivity index (χ2v) is 6.74. The Labute approximate surface area is 127 Å². The highest BCUT2D eigenvalue weighted by molar-refractivity contribution is 5.68. The van der Waals surface area contributed by atoms with Gasteiger partial charge in [-0.05, 0) is 24.8 Å². The molecule has 1 aromatic carbocycles. The minimum absolute atomic E-state index is 0.145. The van der Waals surface area contributed by atoms with Gasteiger partial charge in [-0.15, -0.1) is 5.10 Å². The highest BCUT2D eigenvalue weighted by Gasteiger charge is 2.28. The highest BCUT2D eigenvalue weighted by atomic mass is 16.3. The summed E-state index contributed by atoms with van der Waals surface area (Å²) in [6, 6.07) is 8.41. The number of aromatic hydroxyl groups is 1. The highest BCUT2D eigenvalue weighted by Crippen LogP contribution is 2.39. The first kappa shape index (κ1) is 15.6. The second kappa shape index (κ2) is 5.92. The molecule has 0 aliphatic rings. The fourth-order valence-electron chi connectivity index (χ4n) is 2.70. The van der Waals surface area contributed by atoms with Gasteiger partial charge in [-0.1, -0.05) is 57.9 Å². The quantitative estimate of drug-likeness (QED) is 0.887. The number of nitrogens with zero attached hydrogens (tertiary/aromatic N) is 2. The van der Waals surface area contributed by atoms with Gasteiger partial charge in [-0.25, -0.2) is 0 Å². The Morgan fingerprint density at radius 2 is 1.95 bits per heavy atom. The maximum Gasteiger partial charge on any atom is 0.234 e. The van der Waals surface area contributed by atoms with Gasteiger partial charge in [0.15, 0.2) is 0 Å². The molecule has 2 aromatic rings. The number of aryl methyl sites for hydroxylation is 2. The van der Waals surface area contributed by atoms with Gasteiger partial charge >= 0.3 is 0 Å². The van der Waals surface area contributed by atoms with Crippen molar-refractivity contribution in [3.63, 3.8) is 0 Å². The maximum absolute atomic E-state index is 10.3. The zero-order valence-electron chi connectivity index (χ0n) is 13.8. The van der Waals surface area contributed by atoms with Gasteiger partial charge in [-0.2, -0.15) is 0 Å². The predicted octanol–water partition coefficient (Wildman–Crippen LogP) is 4.66. The van der Waals surface area contributed by atoms with Crippen LogP contribution in [0.25, 0.3) is 11.3 Å². The van der Waals surface area contributed by atoms with Crippen LogP contribution in [0.4, 0.5) is 0 Å². The van der Waals surface area contributed by atoms with Crippen LogP contribution < -0.4 is 0 Å². The van der Waals surface area contributed by atoms with Crippen molar-refractivity contribution in [2.75, 3.05) is 0 Å². The first-order chi connectivity index (χ1) is 9.84. The molecule has 0 amide bonds. The lowest BCUT2D eigenvalue weighted by Gasteiger charge is -2.20. The van der Waals surface area contributed by atoms with Gasteiger partial charge in [-0.3, -0.25) is 4.68 Å². The first-order valence-corrected chi connectivity index (χ1v) is 7.72. The first-order valence-electron chi connectivity index (χ1n) is 7.72. The SMILES string of the molecule is CCCCn1nc(O)c(C(C)(C)C)c1-c1cccc(C)c1. The summed E-state index contributed by atoms with van der Waals surface area (Å²) in [6.07, 6.45) is 2.17. The molecule has 0 radical (unpaired) electrons. The van der Waals surface area contributed by atoms with Crippen molar-refractivity contribution < 1.29 is 5.11 Å². The van der Waals surface area contributed by atoms with Gasteiger partial charge < -0.3 is 5.11 Å². The molecule has 3 heteroatoms. The summed E-state index contributed by atoms with van der Waals surface area (Å²) in [6.45, 7) is 11.4. The normalized spacial score (nSPS) is 11.9. The van der Waals surface area contributed by atoms with Crippen molar-refractivity contribution in [1.29, 1.82) is 0 Å². The van der Waals surface area contributed by atoms with E-state index in [1.165, 1.54) is 5.56 Å². The van der Waals surface area contributed by atoms with Crippen LogP contribution in [0.3, 0.4) is 0 Å². The largest absolute Gasteiger partial charge is 0.492 e. The molecule has 1 heterocycles. The topological polar surface area (TPSA) is 38.0 Å². The summed E-state index contributed by atoms with van der Waals surface area (Å²) < 4.78 is 1.97. The van der Waals surface area contributed by atoms with E-state index in [4.69, 9.17) is 0 Å². The number of benzene rings is 1. The molecular weight excluding hydrogens is 260 g/mol. The van der Waals surface area contributed by atoms with Crippen molar-refractivity contribution in [3.8, 4) is 17.1 Å². The van der Waals surface area contributed by atoms with Crippen molar-refractivity contribution in [2.45, 2.75) is 59.4 Å². The molecule has 0 aliphatic carbocycles. The average Bonchev–Trinajstić information content (AvgIpc) is 2.73. The molecule has 0 bridgehead atoms. The van der Waals surface area contributed by atoms with Crippen LogP contribution in [0.1, 0.15) is 51.7 Å². The molecule has 1 aromatic heterocycles. The molecule has 1 N–H and O–H groups in total. The van der Waals surface area contributed by atoms with Crippen LogP contribution in [0, 0.1) is 6.92 Å². The molecule has 3 nitrogen and oxygen atoms in total. The molecule has 0 saturated carbocycles. The third kappa shape index (κ3) is 3.29. The van der Waals surface area contributed by atoms with Crippen LogP contribution in [-0.4, -0.2) is 14.9 Å². The summed E-state index contributed by atoms with van der Waals surface area (Å²) in [5.74, 6) is 0.162. The lowest BCUT2D eigenvalue weighted by Crippen LogP contribution is -2.13. The van der Waals surface area contributed by atoms with E-state index >= 15 is 0 Å². The molecule has 114 valence electrons. The molecule has 0 spiro atoms. The maximum atomic E-state index is 10.3. The van der Waals surface area contributed by atoms with Gasteiger partial charge in [0.05, 0.1) is 5.69 Å². The number of aromatic nitrogens is 2. The van der Waals surface area contributed by atoms with Crippen molar-refractivity contribution in [2.24, 2.45) is 0 Å². The molecule has 0 atom stereocenters. The van der Waals surface area contributed by atoms with E-state index in [0.29, 0.717) is 0 Å². The minimum atomic E-state index is -0.145. The summed E-state index contributed by atoms with van der Waals surface area (Å²) >= 11 is 0. The van der Waals surface area contributed by atoms with Crippen molar-refractivity contribution >= 4 is 0 Å². The summed E-state index contributed by atoms with van der Waals surface area (Å²) in [5, 5.41) is 14.7. The Balaban J connectivity index is 2.64. The molecule has 0 saturated heterocycles. The number of rotatable bonds is 4. The van der Waals surface area contributed by atoms with E-state index in [-0.39, 0.29) is 11.3 Å². The fraction of sp³-hybridized carbons (Fsp3) is 0.500. The van der Waals surface area contributed by atoms with Gasteiger partial charge in [0.2, 0.25) is 5.88 Å². The van der Waals surface area contributed by atoms with Crippen molar-refractivity contribution in [3.05, 3.63) is 35.4 Å². The zero-order valence-corrected chi connectivity index (χ0v) is 13.8. The average molecular weight is 286 g/mol. The predicted molar refractivity (Wildman–Crippen MR) is 87.7 cm³/mol. The molecule has 2 rings (SSSR count). The molecule has 21 heavy (non-hydrogen) atoms. The molecule has 0 fully saturated rings. The number of unbranched alkanes of at least 4 members (excludes halogenated alkanes) is 1. The molecule has 0 aliphatic heterocycles. The van der Waals surface area contributed by atoms with E-state index < -0.39 is 0 Å². The van der Waals surface area contributed by atoms with E-state index in [2.05, 4.69) is 64.0 Å². The third-order valence-electron chi connectivity index (χ3n) is 3.70. The van der Waals surface area contributed by atoms with E-state index in [1.54, 1.807) is 0 Å². The van der Waals surface area contributed by atoms with Crippen molar-refractivity contribution in [1.82, 2.24) is 9.78 Å². The van der Waals surface area contributed by atoms with Crippen LogP contribution in [0.5, 0.6) is 5.88 Å². The Hall–Kier alpha value is -1.77. The van der Waals surface area contributed by atoms with Crippen LogP contribution in [-0.2, 0) is 12.0 Å². The van der Waals surface area contributed by atoms with E-state index in [0.717, 1.165) is 36.2 Å². The lowest BCUT2D eigenvalue weighted by atomic mass is 9.85. The Morgan fingerprint density at radius 3 is 2.52 bits per heavy atom. The summed E-state index contributed by atoms with van der Waals surface area (Å²) in [5.41, 5.74) is 4.19. The Kier molecular flexibility index (Phi) is 4.40. The van der Waals surface area contributed by atoms with Crippen LogP contribution in [0.15, 0.2) is 24.3 Å². The van der Waals surface area contributed by atoms with E-state index in [1.807, 2.05) is 4.68 Å². The fourth-order valence-corrected chi connectivity index (χ4v) is 2.70. The molecular formula is C18H26N2O. The summed E-state index contributed by atoms with van der Waals surface area (Å²) in [7, 11) is 0. The number of hydrogen-bond acceptors (Lipinski definition) is 2. The van der Waals surface area contributed by atoms with E-state index in [9.17, 15) is 5.11 Å².